The molecule has 222 valence electrons. The first-order valence-corrected chi connectivity index (χ1v) is 15.4. The van der Waals surface area contributed by atoms with E-state index in [4.69, 9.17) is 28.4 Å². The molecule has 0 aromatic heterocycles. The molecule has 0 heterocycles. The molecule has 0 rings (SSSR count). The monoisotopic (exact) mass is 532 g/mol. The average molecular weight is 533 g/mol. The molecule has 0 radical (unpaired) electrons. The van der Waals surface area contributed by atoms with Crippen LogP contribution in [0, 0.1) is 0 Å². The molecule has 0 amide bonds. The zero-order chi connectivity index (χ0) is 26.9. The normalized spacial score (nSPS) is 11.3. The number of hydrogen-bond donors (Lipinski definition) is 0. The topological polar surface area (TPSA) is 72.5 Å². The first kappa shape index (κ1) is 36.3. The van der Waals surface area contributed by atoms with Crippen LogP contribution in [0.5, 0.6) is 0 Å². The van der Waals surface area contributed by atoms with Crippen LogP contribution in [0.2, 0.25) is 0 Å². The van der Waals surface area contributed by atoms with Crippen molar-refractivity contribution >= 4 is 5.97 Å². The van der Waals surface area contributed by atoms with E-state index in [2.05, 4.69) is 13.8 Å². The maximum atomic E-state index is 11.8. The number of rotatable bonds is 32. The summed E-state index contributed by atoms with van der Waals surface area (Å²) in [7, 11) is 0. The Morgan fingerprint density at radius 1 is 0.378 bits per heavy atom. The maximum Gasteiger partial charge on any atom is 0.305 e. The highest BCUT2D eigenvalue weighted by Crippen LogP contribution is 2.13. The highest BCUT2D eigenvalue weighted by Gasteiger charge is 2.03. The number of carbonyl (C=O) groups excluding carboxylic acids is 1. The van der Waals surface area contributed by atoms with Crippen molar-refractivity contribution < 1.29 is 33.2 Å². The van der Waals surface area contributed by atoms with Gasteiger partial charge >= 0.3 is 5.97 Å². The van der Waals surface area contributed by atoms with Gasteiger partial charge in [0, 0.05) is 13.0 Å². The van der Waals surface area contributed by atoms with E-state index < -0.39 is 0 Å². The van der Waals surface area contributed by atoms with Crippen LogP contribution in [0.25, 0.3) is 0 Å². The lowest BCUT2D eigenvalue weighted by Gasteiger charge is -2.08. The molecule has 0 spiro atoms. The Balaban J connectivity index is 3.13. The molecule has 37 heavy (non-hydrogen) atoms. The minimum absolute atomic E-state index is 0.118. The van der Waals surface area contributed by atoms with Crippen molar-refractivity contribution in [2.45, 2.75) is 117 Å². The third kappa shape index (κ3) is 33.2. The third-order valence-electron chi connectivity index (χ3n) is 6.11. The number of unbranched alkanes of at least 4 members (excludes halogenated alkanes) is 13. The first-order chi connectivity index (χ1) is 18.3. The number of carbonyl (C=O) groups is 1. The number of esters is 1. The number of hydrogen-bond acceptors (Lipinski definition) is 7. The summed E-state index contributed by atoms with van der Waals surface area (Å²) in [6, 6.07) is 0. The maximum absolute atomic E-state index is 11.8. The molecule has 7 nitrogen and oxygen atoms in total. The Hall–Kier alpha value is -0.730. The van der Waals surface area contributed by atoms with E-state index >= 15 is 0 Å². The van der Waals surface area contributed by atoms with Crippen molar-refractivity contribution in [1.82, 2.24) is 0 Å². The van der Waals surface area contributed by atoms with Gasteiger partial charge in [0.1, 0.15) is 6.61 Å². The predicted molar refractivity (Wildman–Crippen MR) is 150 cm³/mol. The highest BCUT2D eigenvalue weighted by atomic mass is 16.6. The van der Waals surface area contributed by atoms with Crippen LogP contribution in [0.4, 0.5) is 0 Å². The fraction of sp³-hybridized carbons (Fsp3) is 0.967. The third-order valence-corrected chi connectivity index (χ3v) is 6.11. The zero-order valence-electron chi connectivity index (χ0n) is 24.4. The Morgan fingerprint density at radius 3 is 1.11 bits per heavy atom. The second kappa shape index (κ2) is 33.3. The van der Waals surface area contributed by atoms with Gasteiger partial charge in [-0.1, -0.05) is 97.3 Å². The van der Waals surface area contributed by atoms with Crippen LogP contribution in [-0.4, -0.2) is 78.6 Å². The van der Waals surface area contributed by atoms with Gasteiger partial charge in [0.15, 0.2) is 0 Å². The first-order valence-electron chi connectivity index (χ1n) is 15.4. The second-order valence-corrected chi connectivity index (χ2v) is 9.63. The molecule has 0 aromatic rings. The van der Waals surface area contributed by atoms with Crippen LogP contribution >= 0.6 is 0 Å². The molecule has 0 bridgehead atoms. The van der Waals surface area contributed by atoms with Gasteiger partial charge in [-0.05, 0) is 12.8 Å². The van der Waals surface area contributed by atoms with Gasteiger partial charge in [0.2, 0.25) is 0 Å². The summed E-state index contributed by atoms with van der Waals surface area (Å²) in [5.74, 6) is -0.118. The smallest absolute Gasteiger partial charge is 0.305 e. The largest absolute Gasteiger partial charge is 0.463 e. The summed E-state index contributed by atoms with van der Waals surface area (Å²) >= 11 is 0. The van der Waals surface area contributed by atoms with E-state index in [1.807, 2.05) is 0 Å². The van der Waals surface area contributed by atoms with Gasteiger partial charge in [-0.15, -0.1) is 0 Å². The summed E-state index contributed by atoms with van der Waals surface area (Å²) in [6.45, 7) is 10.4. The molecular formula is C30H60O7. The Labute approximate surface area is 228 Å². The average Bonchev–Trinajstić information content (AvgIpc) is 2.90. The van der Waals surface area contributed by atoms with Gasteiger partial charge in [-0.2, -0.15) is 0 Å². The predicted octanol–water partition coefficient (Wildman–Crippen LogP) is 6.89. The Morgan fingerprint density at radius 2 is 0.703 bits per heavy atom. The molecule has 0 aromatic carbocycles. The van der Waals surface area contributed by atoms with Crippen molar-refractivity contribution in [2.24, 2.45) is 0 Å². The minimum Gasteiger partial charge on any atom is -0.463 e. The highest BCUT2D eigenvalue weighted by molar-refractivity contribution is 5.69. The van der Waals surface area contributed by atoms with Crippen molar-refractivity contribution in [3.8, 4) is 0 Å². The van der Waals surface area contributed by atoms with Crippen molar-refractivity contribution in [3.05, 3.63) is 0 Å². The van der Waals surface area contributed by atoms with Gasteiger partial charge in [0.05, 0.1) is 59.5 Å². The molecule has 0 aliphatic rings. The Bertz CT molecular complexity index is 434. The summed E-state index contributed by atoms with van der Waals surface area (Å²) in [4.78, 5) is 11.8. The fourth-order valence-corrected chi connectivity index (χ4v) is 3.80. The van der Waals surface area contributed by atoms with Crippen molar-refractivity contribution in [3.63, 3.8) is 0 Å². The molecule has 0 aliphatic carbocycles. The van der Waals surface area contributed by atoms with Crippen LogP contribution in [0.15, 0.2) is 0 Å². The van der Waals surface area contributed by atoms with Crippen LogP contribution < -0.4 is 0 Å². The summed E-state index contributed by atoms with van der Waals surface area (Å²) in [5, 5.41) is 0. The molecule has 0 aliphatic heterocycles. The van der Waals surface area contributed by atoms with Gasteiger partial charge in [-0.25, -0.2) is 0 Å². The molecule has 0 fully saturated rings. The zero-order valence-corrected chi connectivity index (χ0v) is 24.4. The van der Waals surface area contributed by atoms with E-state index in [1.54, 1.807) is 0 Å². The van der Waals surface area contributed by atoms with Gasteiger partial charge in [0.25, 0.3) is 0 Å². The molecule has 0 saturated heterocycles. The van der Waals surface area contributed by atoms with Gasteiger partial charge in [-0.3, -0.25) is 4.79 Å². The van der Waals surface area contributed by atoms with E-state index in [0.717, 1.165) is 32.3 Å². The van der Waals surface area contributed by atoms with Crippen molar-refractivity contribution in [2.75, 3.05) is 72.7 Å². The van der Waals surface area contributed by atoms with E-state index in [1.165, 1.54) is 70.6 Å². The fourth-order valence-electron chi connectivity index (χ4n) is 3.80. The lowest BCUT2D eigenvalue weighted by Crippen LogP contribution is -2.15. The molecule has 7 heteroatoms. The van der Waals surface area contributed by atoms with E-state index in [0.29, 0.717) is 72.5 Å². The van der Waals surface area contributed by atoms with E-state index in [9.17, 15) is 4.79 Å². The summed E-state index contributed by atoms with van der Waals surface area (Å²) in [6.07, 6.45) is 19.7. The quantitative estimate of drug-likeness (QED) is 0.0689. The van der Waals surface area contributed by atoms with Crippen LogP contribution in [0.3, 0.4) is 0 Å². The molecular weight excluding hydrogens is 472 g/mol. The lowest BCUT2D eigenvalue weighted by atomic mass is 10.0. The summed E-state index contributed by atoms with van der Waals surface area (Å²) in [5.41, 5.74) is 0. The molecule has 0 N–H and O–H groups in total. The van der Waals surface area contributed by atoms with Crippen LogP contribution in [-0.2, 0) is 33.2 Å². The van der Waals surface area contributed by atoms with Gasteiger partial charge < -0.3 is 28.4 Å². The van der Waals surface area contributed by atoms with Crippen molar-refractivity contribution in [1.29, 1.82) is 0 Å². The van der Waals surface area contributed by atoms with Crippen LogP contribution in [0.1, 0.15) is 117 Å². The molecule has 0 atom stereocenters. The van der Waals surface area contributed by atoms with E-state index in [-0.39, 0.29) is 5.97 Å². The minimum atomic E-state index is -0.118. The summed E-state index contributed by atoms with van der Waals surface area (Å²) < 4.78 is 32.4. The second-order valence-electron chi connectivity index (χ2n) is 9.63. The standard InChI is InChI=1S/C30H60O7/c1-3-5-7-8-9-10-11-12-13-14-15-16-17-18-30(31)37-29-28-36-27-26-35-25-24-34-23-22-33-21-20-32-19-6-4-2/h3-29H2,1-2H3. The molecule has 0 unspecified atom stereocenters. The Kier molecular flexibility index (Phi) is 32.6. The number of ether oxygens (including phenoxy) is 6. The SMILES string of the molecule is CCCCCCCCCCCCCCCC(=O)OCCOCCOCCOCCOCCOCCCC. The molecule has 0 saturated carbocycles. The lowest BCUT2D eigenvalue weighted by molar-refractivity contribution is -0.145.